The van der Waals surface area contributed by atoms with Crippen LogP contribution in [0.3, 0.4) is 0 Å². The summed E-state index contributed by atoms with van der Waals surface area (Å²) in [6.07, 6.45) is 3.85. The highest BCUT2D eigenvalue weighted by Gasteiger charge is 2.33. The fourth-order valence-electron chi connectivity index (χ4n) is 4.18. The second-order valence-corrected chi connectivity index (χ2v) is 8.15. The van der Waals surface area contributed by atoms with Gasteiger partial charge < -0.3 is 14.2 Å². The zero-order valence-corrected chi connectivity index (χ0v) is 18.2. The molecule has 3 aromatic rings. The topological polar surface area (TPSA) is 47.4 Å². The number of imidazole rings is 1. The molecule has 0 aliphatic carbocycles. The molecule has 156 valence electrons. The van der Waals surface area contributed by atoms with Crippen LogP contribution in [0.15, 0.2) is 48.7 Å². The average molecular weight is 404 g/mol. The van der Waals surface area contributed by atoms with E-state index in [4.69, 9.17) is 9.72 Å². The van der Waals surface area contributed by atoms with Crippen molar-refractivity contribution < 1.29 is 9.53 Å². The summed E-state index contributed by atoms with van der Waals surface area (Å²) in [4.78, 5) is 20.0. The van der Waals surface area contributed by atoms with Crippen LogP contribution >= 0.6 is 0 Å². The Bertz CT molecular complexity index is 1050. The number of hydrogen-bond donors (Lipinski definition) is 0. The van der Waals surface area contributed by atoms with E-state index in [1.165, 1.54) is 11.1 Å². The number of carbonyl (C=O) groups excluding carboxylic acids is 1. The van der Waals surface area contributed by atoms with Crippen molar-refractivity contribution in [3.05, 3.63) is 82.4 Å². The van der Waals surface area contributed by atoms with Gasteiger partial charge in [-0.1, -0.05) is 18.2 Å². The first-order valence-corrected chi connectivity index (χ1v) is 10.5. The Morgan fingerprint density at radius 2 is 1.87 bits per heavy atom. The maximum absolute atomic E-state index is 13.3. The Labute approximate surface area is 178 Å². The number of ether oxygens (including phenoxy) is 1. The Morgan fingerprint density at radius 3 is 2.57 bits per heavy atom. The lowest BCUT2D eigenvalue weighted by Crippen LogP contribution is -2.32. The van der Waals surface area contributed by atoms with Crippen LogP contribution in [0.5, 0.6) is 5.75 Å². The summed E-state index contributed by atoms with van der Waals surface area (Å²) < 4.78 is 7.50. The number of nitrogens with zero attached hydrogens (tertiary/aromatic N) is 3. The molecule has 1 aliphatic rings. The van der Waals surface area contributed by atoms with Gasteiger partial charge in [0, 0.05) is 30.5 Å². The lowest BCUT2D eigenvalue weighted by molar-refractivity contribution is 0.0727. The van der Waals surface area contributed by atoms with E-state index in [0.29, 0.717) is 0 Å². The molecule has 0 bridgehead atoms. The molecule has 30 heavy (non-hydrogen) atoms. The second-order valence-electron chi connectivity index (χ2n) is 8.15. The highest BCUT2D eigenvalue weighted by molar-refractivity contribution is 5.95. The van der Waals surface area contributed by atoms with Gasteiger partial charge in [0.2, 0.25) is 0 Å². The average Bonchev–Trinajstić information content (AvgIpc) is 3.37. The molecule has 1 amide bonds. The summed E-state index contributed by atoms with van der Waals surface area (Å²) >= 11 is 0. The Hall–Kier alpha value is -3.08. The summed E-state index contributed by atoms with van der Waals surface area (Å²) in [5.41, 5.74) is 5.40. The molecule has 2 aromatic carbocycles. The second kappa shape index (κ2) is 8.34. The fourth-order valence-corrected chi connectivity index (χ4v) is 4.18. The fraction of sp³-hybridized carbons (Fsp3) is 0.360. The van der Waals surface area contributed by atoms with Crippen molar-refractivity contribution in [2.45, 2.75) is 46.2 Å². The van der Waals surface area contributed by atoms with E-state index in [-0.39, 0.29) is 11.9 Å². The number of rotatable bonds is 5. The highest BCUT2D eigenvalue weighted by Crippen LogP contribution is 2.33. The number of likely N-dealkylation sites (tertiary alicyclic amines) is 1. The molecule has 0 N–H and O–H groups in total. The van der Waals surface area contributed by atoms with Gasteiger partial charge >= 0.3 is 0 Å². The third kappa shape index (κ3) is 3.84. The summed E-state index contributed by atoms with van der Waals surface area (Å²) in [6.45, 7) is 7.70. The number of methoxy groups -OCH3 is 1. The van der Waals surface area contributed by atoms with Crippen LogP contribution in [-0.4, -0.2) is 34.0 Å². The smallest absolute Gasteiger partial charge is 0.254 e. The molecule has 1 unspecified atom stereocenters. The lowest BCUT2D eigenvalue weighted by atomic mass is 10.1. The quantitative estimate of drug-likeness (QED) is 0.612. The zero-order valence-electron chi connectivity index (χ0n) is 18.2. The van der Waals surface area contributed by atoms with Crippen molar-refractivity contribution >= 4 is 5.91 Å². The molecule has 0 spiro atoms. The molecule has 5 heteroatoms. The van der Waals surface area contributed by atoms with Crippen molar-refractivity contribution in [1.29, 1.82) is 0 Å². The van der Waals surface area contributed by atoms with Crippen molar-refractivity contribution in [1.82, 2.24) is 14.5 Å². The van der Waals surface area contributed by atoms with Crippen LogP contribution in [0.1, 0.15) is 57.5 Å². The van der Waals surface area contributed by atoms with Gasteiger partial charge in [-0.05, 0) is 74.6 Å². The normalized spacial score (nSPS) is 16.1. The van der Waals surface area contributed by atoms with Crippen LogP contribution in [0, 0.1) is 20.8 Å². The molecule has 1 saturated heterocycles. The number of aromatic nitrogens is 2. The van der Waals surface area contributed by atoms with Crippen LogP contribution in [0.2, 0.25) is 0 Å². The van der Waals surface area contributed by atoms with Gasteiger partial charge in [0.25, 0.3) is 5.91 Å². The minimum Gasteiger partial charge on any atom is -0.497 e. The maximum atomic E-state index is 13.3. The largest absolute Gasteiger partial charge is 0.497 e. The molecule has 2 heterocycles. The van der Waals surface area contributed by atoms with Gasteiger partial charge in [-0.2, -0.15) is 0 Å². The molecule has 1 aliphatic heterocycles. The molecule has 4 rings (SSSR count). The number of aryl methyl sites for hydroxylation is 3. The van der Waals surface area contributed by atoms with E-state index in [0.717, 1.165) is 54.3 Å². The molecular formula is C25H29N3O2. The SMILES string of the molecule is COc1ccc(Cn2c(C)cnc2C2CCCN2C(=O)c2ccc(C)c(C)c2)cc1. The van der Waals surface area contributed by atoms with Crippen molar-refractivity contribution in [2.75, 3.05) is 13.7 Å². The minimum absolute atomic E-state index is 0.00561. The lowest BCUT2D eigenvalue weighted by Gasteiger charge is -2.26. The van der Waals surface area contributed by atoms with Gasteiger partial charge in [0.05, 0.1) is 13.2 Å². The van der Waals surface area contributed by atoms with E-state index in [2.05, 4.69) is 37.5 Å². The summed E-state index contributed by atoms with van der Waals surface area (Å²) in [5, 5.41) is 0. The molecule has 0 radical (unpaired) electrons. The number of hydrogen-bond acceptors (Lipinski definition) is 3. The monoisotopic (exact) mass is 403 g/mol. The number of amides is 1. The molecular weight excluding hydrogens is 374 g/mol. The number of benzene rings is 2. The van der Waals surface area contributed by atoms with E-state index in [1.54, 1.807) is 7.11 Å². The predicted molar refractivity (Wildman–Crippen MR) is 118 cm³/mol. The van der Waals surface area contributed by atoms with Gasteiger partial charge in [-0.25, -0.2) is 4.98 Å². The van der Waals surface area contributed by atoms with Crippen molar-refractivity contribution in [3.63, 3.8) is 0 Å². The van der Waals surface area contributed by atoms with Crippen LogP contribution in [-0.2, 0) is 6.54 Å². The summed E-state index contributed by atoms with van der Waals surface area (Å²) in [6, 6.07) is 14.1. The first-order valence-electron chi connectivity index (χ1n) is 10.5. The van der Waals surface area contributed by atoms with E-state index in [1.807, 2.05) is 41.4 Å². The zero-order chi connectivity index (χ0) is 21.3. The first kappa shape index (κ1) is 20.2. The number of carbonyl (C=O) groups is 1. The Kier molecular flexibility index (Phi) is 5.62. The highest BCUT2D eigenvalue weighted by atomic mass is 16.5. The summed E-state index contributed by atoms with van der Waals surface area (Å²) in [7, 11) is 1.67. The van der Waals surface area contributed by atoms with Gasteiger partial charge in [-0.3, -0.25) is 4.79 Å². The van der Waals surface area contributed by atoms with Gasteiger partial charge in [0.1, 0.15) is 11.6 Å². The van der Waals surface area contributed by atoms with E-state index < -0.39 is 0 Å². The molecule has 5 nitrogen and oxygen atoms in total. The molecule has 1 atom stereocenters. The third-order valence-corrected chi connectivity index (χ3v) is 6.15. The Morgan fingerprint density at radius 1 is 1.10 bits per heavy atom. The molecule has 1 aromatic heterocycles. The third-order valence-electron chi connectivity index (χ3n) is 6.15. The van der Waals surface area contributed by atoms with Crippen LogP contribution in [0.25, 0.3) is 0 Å². The first-order chi connectivity index (χ1) is 14.5. The van der Waals surface area contributed by atoms with Crippen molar-refractivity contribution in [3.8, 4) is 5.75 Å². The van der Waals surface area contributed by atoms with E-state index >= 15 is 0 Å². The Balaban J connectivity index is 1.61. The van der Waals surface area contributed by atoms with E-state index in [9.17, 15) is 4.79 Å². The minimum atomic E-state index is 0.00561. The van der Waals surface area contributed by atoms with Gasteiger partial charge in [-0.15, -0.1) is 0 Å². The molecule has 1 fully saturated rings. The molecule has 0 saturated carbocycles. The van der Waals surface area contributed by atoms with Crippen LogP contribution in [0.4, 0.5) is 0 Å². The van der Waals surface area contributed by atoms with Crippen LogP contribution < -0.4 is 4.74 Å². The standard InChI is InChI=1S/C25H29N3O2/c1-17-7-10-21(14-18(17)2)25(29)27-13-5-6-23(27)24-26-15-19(3)28(24)16-20-8-11-22(30-4)12-9-20/h7-12,14-15,23H,5-6,13,16H2,1-4H3. The van der Waals surface area contributed by atoms with Crippen molar-refractivity contribution in [2.24, 2.45) is 0 Å². The summed E-state index contributed by atoms with van der Waals surface area (Å²) in [5.74, 6) is 1.91. The maximum Gasteiger partial charge on any atom is 0.254 e. The van der Waals surface area contributed by atoms with Gasteiger partial charge in [0.15, 0.2) is 0 Å². The predicted octanol–water partition coefficient (Wildman–Crippen LogP) is 4.84.